The van der Waals surface area contributed by atoms with Gasteiger partial charge in [0.25, 0.3) is 0 Å². The zero-order chi connectivity index (χ0) is 20.9. The molecule has 0 heterocycles. The number of sulfonamides is 1. The summed E-state index contributed by atoms with van der Waals surface area (Å²) in [6.07, 6.45) is -4.90. The summed E-state index contributed by atoms with van der Waals surface area (Å²) >= 11 is 0. The van der Waals surface area contributed by atoms with Gasteiger partial charge in [0.1, 0.15) is 11.5 Å². The Bertz CT molecular complexity index is 902. The van der Waals surface area contributed by atoms with Crippen LogP contribution in [0.4, 0.5) is 13.2 Å². The summed E-state index contributed by atoms with van der Waals surface area (Å²) in [5.41, 5.74) is 0.821. The molecule has 1 unspecified atom stereocenters. The van der Waals surface area contributed by atoms with Gasteiger partial charge in [-0.1, -0.05) is 18.2 Å². The first-order valence-corrected chi connectivity index (χ1v) is 9.66. The lowest BCUT2D eigenvalue weighted by Crippen LogP contribution is -2.34. The van der Waals surface area contributed by atoms with E-state index in [1.165, 1.54) is 19.2 Å². The average molecular weight is 418 g/mol. The molecule has 0 aliphatic carbocycles. The van der Waals surface area contributed by atoms with Crippen molar-refractivity contribution < 1.29 is 31.1 Å². The molecule has 0 aliphatic heterocycles. The minimum Gasteiger partial charge on any atom is -0.497 e. The van der Waals surface area contributed by atoms with E-state index in [0.29, 0.717) is 5.75 Å². The minimum absolute atomic E-state index is 0.00680. The van der Waals surface area contributed by atoms with Crippen LogP contribution in [0.25, 0.3) is 0 Å². The van der Waals surface area contributed by atoms with E-state index in [4.69, 9.17) is 4.74 Å². The lowest BCUT2D eigenvalue weighted by Gasteiger charge is -2.25. The van der Waals surface area contributed by atoms with Crippen molar-refractivity contribution in [3.8, 4) is 11.5 Å². The van der Waals surface area contributed by atoms with Crippen LogP contribution in [0.15, 0.2) is 53.4 Å². The molecular formula is C18H21F3N2O4S. The fourth-order valence-electron chi connectivity index (χ4n) is 2.56. The topological polar surface area (TPSA) is 67.9 Å². The second-order valence-corrected chi connectivity index (χ2v) is 7.90. The predicted octanol–water partition coefficient (Wildman–Crippen LogP) is 3.18. The minimum atomic E-state index is -4.90. The fourth-order valence-corrected chi connectivity index (χ4v) is 3.63. The van der Waals surface area contributed by atoms with Crippen LogP contribution >= 0.6 is 0 Å². The van der Waals surface area contributed by atoms with E-state index in [9.17, 15) is 21.6 Å². The van der Waals surface area contributed by atoms with E-state index < -0.39 is 22.1 Å². The van der Waals surface area contributed by atoms with Crippen molar-refractivity contribution in [3.05, 3.63) is 54.1 Å². The van der Waals surface area contributed by atoms with Gasteiger partial charge in [0, 0.05) is 18.7 Å². The highest BCUT2D eigenvalue weighted by molar-refractivity contribution is 7.89. The maximum atomic E-state index is 12.5. The molecule has 0 aliphatic rings. The maximum Gasteiger partial charge on any atom is 0.573 e. The summed E-state index contributed by atoms with van der Waals surface area (Å²) in [6.45, 7) is 0.00680. The molecule has 2 aromatic rings. The van der Waals surface area contributed by atoms with Crippen molar-refractivity contribution in [2.24, 2.45) is 0 Å². The molecule has 154 valence electrons. The zero-order valence-electron chi connectivity index (χ0n) is 15.5. The number of alkyl halides is 3. The molecule has 0 saturated carbocycles. The SMILES string of the molecule is COc1cccc(C(CNS(=O)(=O)c2cccc(OC(F)(F)F)c2)N(C)C)c1. The molecule has 0 amide bonds. The quantitative estimate of drug-likeness (QED) is 0.713. The highest BCUT2D eigenvalue weighted by Crippen LogP contribution is 2.26. The van der Waals surface area contributed by atoms with Gasteiger partial charge < -0.3 is 14.4 Å². The summed E-state index contributed by atoms with van der Waals surface area (Å²) in [7, 11) is 1.06. The Balaban J connectivity index is 2.19. The van der Waals surface area contributed by atoms with Gasteiger partial charge in [-0.3, -0.25) is 0 Å². The van der Waals surface area contributed by atoms with Gasteiger partial charge in [-0.15, -0.1) is 13.2 Å². The third-order valence-corrected chi connectivity index (χ3v) is 5.34. The summed E-state index contributed by atoms with van der Waals surface area (Å²) in [5.74, 6) is 0.0246. The number of rotatable bonds is 8. The molecule has 0 bridgehead atoms. The molecule has 0 saturated heterocycles. The number of ether oxygens (including phenoxy) is 2. The second-order valence-electron chi connectivity index (χ2n) is 6.13. The number of halogens is 3. The van der Waals surface area contributed by atoms with Crippen LogP contribution in [-0.2, 0) is 10.0 Å². The van der Waals surface area contributed by atoms with Gasteiger partial charge in [0.15, 0.2) is 0 Å². The molecule has 28 heavy (non-hydrogen) atoms. The largest absolute Gasteiger partial charge is 0.573 e. The Morgan fingerprint density at radius 2 is 1.71 bits per heavy atom. The average Bonchev–Trinajstić information content (AvgIpc) is 2.60. The Morgan fingerprint density at radius 3 is 2.32 bits per heavy atom. The van der Waals surface area contributed by atoms with E-state index in [0.717, 1.165) is 17.7 Å². The number of methoxy groups -OCH3 is 1. The zero-order valence-corrected chi connectivity index (χ0v) is 16.3. The summed E-state index contributed by atoms with van der Waals surface area (Å²) in [5, 5.41) is 0. The van der Waals surface area contributed by atoms with Crippen molar-refractivity contribution in [2.75, 3.05) is 27.7 Å². The normalized spacial score (nSPS) is 13.4. The van der Waals surface area contributed by atoms with Gasteiger partial charge in [0.05, 0.1) is 12.0 Å². The Kier molecular flexibility index (Phi) is 6.91. The lowest BCUT2D eigenvalue weighted by molar-refractivity contribution is -0.274. The molecule has 6 nitrogen and oxygen atoms in total. The number of hydrogen-bond donors (Lipinski definition) is 1. The predicted molar refractivity (Wildman–Crippen MR) is 97.7 cm³/mol. The fraction of sp³-hybridized carbons (Fsp3) is 0.333. The molecule has 0 radical (unpaired) electrons. The van der Waals surface area contributed by atoms with E-state index in [1.807, 2.05) is 11.0 Å². The highest BCUT2D eigenvalue weighted by Gasteiger charge is 2.31. The number of nitrogens with one attached hydrogen (secondary N) is 1. The lowest BCUT2D eigenvalue weighted by atomic mass is 10.1. The van der Waals surface area contributed by atoms with Gasteiger partial charge >= 0.3 is 6.36 Å². The number of hydrogen-bond acceptors (Lipinski definition) is 5. The molecule has 1 atom stereocenters. The van der Waals surface area contributed by atoms with E-state index >= 15 is 0 Å². The first-order valence-electron chi connectivity index (χ1n) is 8.17. The van der Waals surface area contributed by atoms with Crippen molar-refractivity contribution in [1.82, 2.24) is 9.62 Å². The van der Waals surface area contributed by atoms with Crippen molar-refractivity contribution >= 4 is 10.0 Å². The Morgan fingerprint density at radius 1 is 1.07 bits per heavy atom. The summed E-state index contributed by atoms with van der Waals surface area (Å²) in [6, 6.07) is 11.1. The Labute approximate surface area is 161 Å². The highest BCUT2D eigenvalue weighted by atomic mass is 32.2. The van der Waals surface area contributed by atoms with Crippen molar-refractivity contribution in [3.63, 3.8) is 0 Å². The molecule has 2 rings (SSSR count). The Hall–Kier alpha value is -2.30. The van der Waals surface area contributed by atoms with Crippen LogP contribution < -0.4 is 14.2 Å². The van der Waals surface area contributed by atoms with Crippen LogP contribution in [0, 0.1) is 0 Å². The first-order chi connectivity index (χ1) is 13.0. The van der Waals surface area contributed by atoms with Gasteiger partial charge in [-0.05, 0) is 43.9 Å². The van der Waals surface area contributed by atoms with Crippen molar-refractivity contribution in [2.45, 2.75) is 17.3 Å². The van der Waals surface area contributed by atoms with E-state index in [2.05, 4.69) is 9.46 Å². The van der Waals surface area contributed by atoms with Gasteiger partial charge in [0.2, 0.25) is 10.0 Å². The number of benzene rings is 2. The smallest absolute Gasteiger partial charge is 0.497 e. The monoisotopic (exact) mass is 418 g/mol. The molecular weight excluding hydrogens is 397 g/mol. The van der Waals surface area contributed by atoms with E-state index in [1.54, 1.807) is 32.3 Å². The summed E-state index contributed by atoms with van der Waals surface area (Å²) < 4.78 is 73.6. The molecule has 10 heteroatoms. The van der Waals surface area contributed by atoms with Crippen LogP contribution in [-0.4, -0.2) is 47.4 Å². The van der Waals surface area contributed by atoms with E-state index in [-0.39, 0.29) is 17.5 Å². The summed E-state index contributed by atoms with van der Waals surface area (Å²) in [4.78, 5) is 1.50. The standard InChI is InChI=1S/C18H21F3N2O4S/c1-23(2)17(13-6-4-7-14(10-13)26-3)12-22-28(24,25)16-9-5-8-15(11-16)27-18(19,20)21/h4-11,17,22H,12H2,1-3H3. The third kappa shape index (κ3) is 6.11. The van der Waals surface area contributed by atoms with Crippen LogP contribution in [0.3, 0.4) is 0 Å². The molecule has 0 aromatic heterocycles. The van der Waals surface area contributed by atoms with Crippen molar-refractivity contribution in [1.29, 1.82) is 0 Å². The molecule has 0 fully saturated rings. The van der Waals surface area contributed by atoms with Crippen LogP contribution in [0.2, 0.25) is 0 Å². The van der Waals surface area contributed by atoms with Gasteiger partial charge in [-0.2, -0.15) is 0 Å². The molecule has 1 N–H and O–H groups in total. The van der Waals surface area contributed by atoms with Crippen LogP contribution in [0.5, 0.6) is 11.5 Å². The van der Waals surface area contributed by atoms with Crippen LogP contribution in [0.1, 0.15) is 11.6 Å². The number of nitrogens with zero attached hydrogens (tertiary/aromatic N) is 1. The molecule has 2 aromatic carbocycles. The molecule has 0 spiro atoms. The third-order valence-electron chi connectivity index (χ3n) is 3.92. The maximum absolute atomic E-state index is 12.5. The first kappa shape index (κ1) is 22.0. The second kappa shape index (κ2) is 8.80. The number of likely N-dealkylation sites (N-methyl/N-ethyl adjacent to an activating group) is 1. The van der Waals surface area contributed by atoms with Gasteiger partial charge in [-0.25, -0.2) is 13.1 Å².